The molecule has 1 saturated carbocycles. The molecule has 1 amide bonds. The first-order chi connectivity index (χ1) is 6.88. The number of carbonyl (C=O) groups is 1. The van der Waals surface area contributed by atoms with Gasteiger partial charge in [0.05, 0.1) is 10.9 Å². The molecule has 3 N–H and O–H groups in total. The third-order valence-corrected chi connectivity index (χ3v) is 3.59. The van der Waals surface area contributed by atoms with Crippen LogP contribution in [-0.4, -0.2) is 17.4 Å². The minimum absolute atomic E-state index is 0.0206. The fourth-order valence-corrected chi connectivity index (χ4v) is 2.06. The Morgan fingerprint density at radius 1 is 1.67 bits per heavy atom. The molecular weight excluding hydrogens is 208 g/mol. The van der Waals surface area contributed by atoms with E-state index in [1.165, 1.54) is 6.42 Å². The van der Waals surface area contributed by atoms with E-state index in [1.807, 2.05) is 6.92 Å². The van der Waals surface area contributed by atoms with Gasteiger partial charge >= 0.3 is 0 Å². The molecule has 0 saturated heterocycles. The van der Waals surface area contributed by atoms with Gasteiger partial charge in [-0.25, -0.2) is 0 Å². The van der Waals surface area contributed by atoms with Gasteiger partial charge in [0.2, 0.25) is 5.91 Å². The molecule has 86 valence electrons. The van der Waals surface area contributed by atoms with Gasteiger partial charge in [0, 0.05) is 6.54 Å². The lowest BCUT2D eigenvalue weighted by Crippen LogP contribution is -2.38. The maximum atomic E-state index is 11.7. The molecule has 15 heavy (non-hydrogen) atoms. The summed E-state index contributed by atoms with van der Waals surface area (Å²) >= 11 is 4.85. The lowest BCUT2D eigenvalue weighted by atomic mass is 10.1. The molecule has 3 nitrogen and oxygen atoms in total. The molecule has 0 radical (unpaired) electrons. The van der Waals surface area contributed by atoms with Crippen LogP contribution >= 0.6 is 12.2 Å². The number of thiocarbonyl (C=S) groups is 1. The van der Waals surface area contributed by atoms with Crippen molar-refractivity contribution in [1.29, 1.82) is 0 Å². The summed E-state index contributed by atoms with van der Waals surface area (Å²) in [5, 5.41) is 2.93. The zero-order chi connectivity index (χ0) is 11.6. The Labute approximate surface area is 96.8 Å². The van der Waals surface area contributed by atoms with Crippen molar-refractivity contribution in [3.8, 4) is 0 Å². The van der Waals surface area contributed by atoms with Crippen LogP contribution in [0.4, 0.5) is 0 Å². The van der Waals surface area contributed by atoms with Gasteiger partial charge in [-0.3, -0.25) is 4.79 Å². The van der Waals surface area contributed by atoms with Crippen molar-refractivity contribution in [3.05, 3.63) is 0 Å². The quantitative estimate of drug-likeness (QED) is 0.700. The Hall–Kier alpha value is -0.640. The average molecular weight is 228 g/mol. The van der Waals surface area contributed by atoms with E-state index < -0.39 is 0 Å². The monoisotopic (exact) mass is 228 g/mol. The van der Waals surface area contributed by atoms with E-state index in [4.69, 9.17) is 18.0 Å². The van der Waals surface area contributed by atoms with Crippen molar-refractivity contribution in [2.75, 3.05) is 6.54 Å². The summed E-state index contributed by atoms with van der Waals surface area (Å²) in [7, 11) is 0. The molecule has 2 atom stereocenters. The molecule has 2 unspecified atom stereocenters. The van der Waals surface area contributed by atoms with Gasteiger partial charge in [-0.15, -0.1) is 0 Å². The fourth-order valence-electron chi connectivity index (χ4n) is 1.79. The molecule has 0 heterocycles. The van der Waals surface area contributed by atoms with E-state index in [2.05, 4.69) is 19.2 Å². The van der Waals surface area contributed by atoms with Crippen LogP contribution in [0.15, 0.2) is 0 Å². The average Bonchev–Trinajstić information content (AvgIpc) is 2.71. The molecule has 1 aliphatic carbocycles. The first-order valence-corrected chi connectivity index (χ1v) is 5.86. The highest BCUT2D eigenvalue weighted by Gasteiger charge is 2.45. The van der Waals surface area contributed by atoms with Crippen LogP contribution in [0.2, 0.25) is 0 Å². The van der Waals surface area contributed by atoms with Crippen molar-refractivity contribution in [2.45, 2.75) is 33.6 Å². The van der Waals surface area contributed by atoms with Crippen molar-refractivity contribution in [1.82, 2.24) is 5.32 Å². The molecule has 1 fully saturated rings. The number of rotatable bonds is 5. The number of nitrogens with one attached hydrogen (secondary N) is 1. The standard InChI is InChI=1S/C11H20N2OS/c1-4-8(9(12)15)10(14)13-6-7-5-11(7,2)3/h7-8H,4-6H2,1-3H3,(H2,12,15)(H,13,14). The second kappa shape index (κ2) is 4.47. The summed E-state index contributed by atoms with van der Waals surface area (Å²) in [6, 6.07) is 0. The second-order valence-corrected chi connectivity index (χ2v) is 5.47. The smallest absolute Gasteiger partial charge is 0.229 e. The van der Waals surface area contributed by atoms with Gasteiger partial charge < -0.3 is 11.1 Å². The highest BCUT2D eigenvalue weighted by molar-refractivity contribution is 7.80. The summed E-state index contributed by atoms with van der Waals surface area (Å²) in [4.78, 5) is 12.0. The molecule has 4 heteroatoms. The minimum Gasteiger partial charge on any atom is -0.393 e. The number of amides is 1. The molecule has 1 aliphatic rings. The van der Waals surface area contributed by atoms with E-state index in [1.54, 1.807) is 0 Å². The first kappa shape index (κ1) is 12.4. The number of carbonyl (C=O) groups excluding carboxylic acids is 1. The molecule has 0 aromatic carbocycles. The summed E-state index contributed by atoms with van der Waals surface area (Å²) in [5.41, 5.74) is 5.90. The molecule has 1 rings (SSSR count). The van der Waals surface area contributed by atoms with Gasteiger partial charge in [0.15, 0.2) is 0 Å². The van der Waals surface area contributed by atoms with Crippen LogP contribution in [0.25, 0.3) is 0 Å². The van der Waals surface area contributed by atoms with E-state index in [0.29, 0.717) is 22.7 Å². The normalized spacial score (nSPS) is 24.3. The maximum absolute atomic E-state index is 11.7. The van der Waals surface area contributed by atoms with E-state index in [-0.39, 0.29) is 11.8 Å². The molecular formula is C11H20N2OS. The topological polar surface area (TPSA) is 55.1 Å². The number of hydrogen-bond acceptors (Lipinski definition) is 2. The van der Waals surface area contributed by atoms with Crippen molar-refractivity contribution in [2.24, 2.45) is 23.0 Å². The van der Waals surface area contributed by atoms with E-state index >= 15 is 0 Å². The van der Waals surface area contributed by atoms with Gasteiger partial charge in [0.1, 0.15) is 0 Å². The molecule has 0 aliphatic heterocycles. The highest BCUT2D eigenvalue weighted by atomic mass is 32.1. The molecule has 0 bridgehead atoms. The third kappa shape index (κ3) is 3.16. The lowest BCUT2D eigenvalue weighted by molar-refractivity contribution is -0.123. The Bertz CT molecular complexity index is 276. The third-order valence-electron chi connectivity index (χ3n) is 3.31. The second-order valence-electron chi connectivity index (χ2n) is 5.00. The van der Waals surface area contributed by atoms with Crippen LogP contribution in [0.3, 0.4) is 0 Å². The molecule has 0 aromatic rings. The highest BCUT2D eigenvalue weighted by Crippen LogP contribution is 2.50. The zero-order valence-electron chi connectivity index (χ0n) is 9.67. The Balaban J connectivity index is 2.32. The van der Waals surface area contributed by atoms with Crippen LogP contribution < -0.4 is 11.1 Å². The van der Waals surface area contributed by atoms with Gasteiger partial charge in [-0.05, 0) is 24.2 Å². The van der Waals surface area contributed by atoms with Crippen LogP contribution in [0.5, 0.6) is 0 Å². The Kier molecular flexibility index (Phi) is 3.71. The fraction of sp³-hybridized carbons (Fsp3) is 0.818. The lowest BCUT2D eigenvalue weighted by Gasteiger charge is -2.13. The molecule has 0 spiro atoms. The van der Waals surface area contributed by atoms with Gasteiger partial charge in [-0.2, -0.15) is 0 Å². The largest absolute Gasteiger partial charge is 0.393 e. The predicted molar refractivity (Wildman–Crippen MR) is 65.5 cm³/mol. The van der Waals surface area contributed by atoms with Crippen molar-refractivity contribution >= 4 is 23.1 Å². The summed E-state index contributed by atoms with van der Waals surface area (Å²) < 4.78 is 0. The maximum Gasteiger partial charge on any atom is 0.229 e. The summed E-state index contributed by atoms with van der Waals surface area (Å²) in [5.74, 6) is 0.292. The number of nitrogens with two attached hydrogens (primary N) is 1. The Morgan fingerprint density at radius 2 is 2.20 bits per heavy atom. The summed E-state index contributed by atoms with van der Waals surface area (Å²) in [6.07, 6.45) is 1.87. The van der Waals surface area contributed by atoms with Crippen molar-refractivity contribution in [3.63, 3.8) is 0 Å². The minimum atomic E-state index is -0.304. The van der Waals surface area contributed by atoms with Crippen molar-refractivity contribution < 1.29 is 4.79 Å². The Morgan fingerprint density at radius 3 is 2.53 bits per heavy atom. The zero-order valence-corrected chi connectivity index (χ0v) is 10.5. The molecule has 0 aromatic heterocycles. The van der Waals surface area contributed by atoms with Gasteiger partial charge in [-0.1, -0.05) is 33.0 Å². The van der Waals surface area contributed by atoms with Crippen LogP contribution in [-0.2, 0) is 4.79 Å². The first-order valence-electron chi connectivity index (χ1n) is 5.45. The van der Waals surface area contributed by atoms with E-state index in [0.717, 1.165) is 6.54 Å². The predicted octanol–water partition coefficient (Wildman–Crippen LogP) is 1.46. The van der Waals surface area contributed by atoms with Gasteiger partial charge in [0.25, 0.3) is 0 Å². The summed E-state index contributed by atoms with van der Waals surface area (Å²) in [6.45, 7) is 7.11. The van der Waals surface area contributed by atoms with Crippen LogP contribution in [0.1, 0.15) is 33.6 Å². The van der Waals surface area contributed by atoms with E-state index in [9.17, 15) is 4.79 Å². The SMILES string of the molecule is CCC(C(=O)NCC1CC1(C)C)C(N)=S. The number of hydrogen-bond donors (Lipinski definition) is 2. The van der Waals surface area contributed by atoms with Crippen LogP contribution in [0, 0.1) is 17.3 Å².